The maximum absolute atomic E-state index is 6.91. The molecule has 3 aromatic heterocycles. The summed E-state index contributed by atoms with van der Waals surface area (Å²) in [5, 5.41) is 4.42. The van der Waals surface area contributed by atoms with Crippen molar-refractivity contribution in [1.82, 2.24) is 4.57 Å². The first-order chi connectivity index (χ1) is 23.3. The Morgan fingerprint density at radius 2 is 0.936 bits per heavy atom. The summed E-state index contributed by atoms with van der Waals surface area (Å²) >= 11 is 0. The van der Waals surface area contributed by atoms with E-state index in [1.807, 2.05) is 6.07 Å². The van der Waals surface area contributed by atoms with E-state index < -0.39 is 0 Å². The third-order valence-corrected chi connectivity index (χ3v) is 9.43. The van der Waals surface area contributed by atoms with Crippen molar-refractivity contribution in [2.24, 2.45) is 0 Å². The van der Waals surface area contributed by atoms with Crippen LogP contribution in [0.4, 0.5) is 0 Å². The molecule has 10 rings (SSSR count). The quantitative estimate of drug-likeness (QED) is 0.201. The molecule has 0 amide bonds. The lowest BCUT2D eigenvalue weighted by atomic mass is 9.91. The van der Waals surface area contributed by atoms with Crippen LogP contribution in [0.25, 0.3) is 94.0 Å². The van der Waals surface area contributed by atoms with Gasteiger partial charge in [-0.3, -0.25) is 0 Å². The summed E-state index contributed by atoms with van der Waals surface area (Å²) in [6.07, 6.45) is 0. The van der Waals surface area contributed by atoms with Gasteiger partial charge in [0.1, 0.15) is 22.3 Å². The van der Waals surface area contributed by atoms with Crippen molar-refractivity contribution in [2.45, 2.75) is 0 Å². The average molecular weight is 602 g/mol. The second-order valence-electron chi connectivity index (χ2n) is 12.0. The Hall–Kier alpha value is -6.32. The van der Waals surface area contributed by atoms with Crippen molar-refractivity contribution < 1.29 is 8.83 Å². The minimum atomic E-state index is 0.876. The Morgan fingerprint density at radius 3 is 1.77 bits per heavy atom. The molecule has 0 aliphatic carbocycles. The van der Waals surface area contributed by atoms with Crippen LogP contribution in [0.3, 0.4) is 0 Å². The van der Waals surface area contributed by atoms with Crippen LogP contribution in [0, 0.1) is 0 Å². The molecule has 0 spiro atoms. The van der Waals surface area contributed by atoms with Crippen molar-refractivity contribution in [2.75, 3.05) is 0 Å². The van der Waals surface area contributed by atoms with Crippen LogP contribution >= 0.6 is 0 Å². The lowest BCUT2D eigenvalue weighted by molar-refractivity contribution is 0.670. The minimum absolute atomic E-state index is 0.876. The highest BCUT2D eigenvalue weighted by atomic mass is 16.3. The van der Waals surface area contributed by atoms with Crippen LogP contribution in [0.1, 0.15) is 0 Å². The molecule has 3 nitrogen and oxygen atoms in total. The number of hydrogen-bond acceptors (Lipinski definition) is 2. The summed E-state index contributed by atoms with van der Waals surface area (Å²) in [5.74, 6) is 0. The summed E-state index contributed by atoms with van der Waals surface area (Å²) in [6.45, 7) is 0. The Bertz CT molecular complexity index is 2780. The topological polar surface area (TPSA) is 31.2 Å². The molecule has 7 aromatic carbocycles. The van der Waals surface area contributed by atoms with Crippen LogP contribution in [0.2, 0.25) is 0 Å². The van der Waals surface area contributed by atoms with Gasteiger partial charge in [-0.05, 0) is 58.7 Å². The van der Waals surface area contributed by atoms with Crippen molar-refractivity contribution in [1.29, 1.82) is 0 Å². The van der Waals surface area contributed by atoms with Gasteiger partial charge >= 0.3 is 0 Å². The van der Waals surface area contributed by atoms with Gasteiger partial charge in [0.15, 0.2) is 5.58 Å². The van der Waals surface area contributed by atoms with E-state index in [0.29, 0.717) is 0 Å². The molecule has 0 bridgehead atoms. The molecule has 0 saturated heterocycles. The molecule has 10 aromatic rings. The fourth-order valence-corrected chi connectivity index (χ4v) is 7.42. The number of aromatic nitrogens is 1. The average Bonchev–Trinajstić information content (AvgIpc) is 3.81. The normalized spacial score (nSPS) is 11.8. The zero-order valence-electron chi connectivity index (χ0n) is 25.4. The molecule has 3 heteroatoms. The van der Waals surface area contributed by atoms with Gasteiger partial charge in [-0.15, -0.1) is 0 Å². The SMILES string of the molecule is c1ccc(-c2cccc3c2oc2cccc(-c4ccccc4-c4cccc5c4oc4c6ccccc6n(-c6ccccc6)c54)c23)cc1. The van der Waals surface area contributed by atoms with Crippen molar-refractivity contribution in [3.8, 4) is 39.1 Å². The molecule has 0 N–H and O–H groups in total. The highest BCUT2D eigenvalue weighted by Gasteiger charge is 2.23. The van der Waals surface area contributed by atoms with Crippen LogP contribution in [0.5, 0.6) is 0 Å². The summed E-state index contributed by atoms with van der Waals surface area (Å²) < 4.78 is 15.9. The molecule has 0 aliphatic heterocycles. The lowest BCUT2D eigenvalue weighted by Crippen LogP contribution is -1.93. The van der Waals surface area contributed by atoms with Gasteiger partial charge in [-0.2, -0.15) is 0 Å². The molecule has 0 aliphatic rings. The highest BCUT2D eigenvalue weighted by Crippen LogP contribution is 2.46. The standard InChI is InChI=1S/C44H27NO2/c1-3-14-28(15-4-1)30-21-11-24-36-40-33(22-13-27-39(40)46-42(30)36)31-18-7-8-19-32(31)34-23-12-25-37-41-44(47-43(34)37)35-20-9-10-26-38(35)45(41)29-16-5-2-6-17-29/h1-27H. The molecule has 0 radical (unpaired) electrons. The number of benzene rings is 7. The Morgan fingerprint density at radius 1 is 0.362 bits per heavy atom. The van der Waals surface area contributed by atoms with Crippen molar-refractivity contribution in [3.05, 3.63) is 164 Å². The third-order valence-electron chi connectivity index (χ3n) is 9.43. The van der Waals surface area contributed by atoms with Gasteiger partial charge in [0.2, 0.25) is 0 Å². The fraction of sp³-hybridized carbons (Fsp3) is 0. The van der Waals surface area contributed by atoms with E-state index in [9.17, 15) is 0 Å². The van der Waals surface area contributed by atoms with Gasteiger partial charge in [0.25, 0.3) is 0 Å². The van der Waals surface area contributed by atoms with Crippen LogP contribution in [0.15, 0.2) is 173 Å². The monoisotopic (exact) mass is 601 g/mol. The van der Waals surface area contributed by atoms with E-state index in [-0.39, 0.29) is 0 Å². The van der Waals surface area contributed by atoms with Gasteiger partial charge < -0.3 is 13.4 Å². The predicted octanol–water partition coefficient (Wildman–Crippen LogP) is 12.4. The Balaban J connectivity index is 1.24. The second kappa shape index (κ2) is 10.1. The van der Waals surface area contributed by atoms with E-state index in [2.05, 4.69) is 162 Å². The Labute approximate surface area is 270 Å². The maximum atomic E-state index is 6.91. The number of rotatable bonds is 4. The lowest BCUT2D eigenvalue weighted by Gasteiger charge is -2.12. The molecule has 0 unspecified atom stereocenters. The first kappa shape index (κ1) is 26.0. The number of hydrogen-bond donors (Lipinski definition) is 0. The second-order valence-corrected chi connectivity index (χ2v) is 12.0. The molecule has 0 atom stereocenters. The predicted molar refractivity (Wildman–Crippen MR) is 194 cm³/mol. The number of furan rings is 2. The molecular formula is C44H27NO2. The van der Waals surface area contributed by atoms with E-state index >= 15 is 0 Å². The summed E-state index contributed by atoms with van der Waals surface area (Å²) in [4.78, 5) is 0. The summed E-state index contributed by atoms with van der Waals surface area (Å²) in [6, 6.07) is 57.5. The molecule has 0 fully saturated rings. The zero-order valence-corrected chi connectivity index (χ0v) is 25.4. The first-order valence-electron chi connectivity index (χ1n) is 15.9. The summed E-state index contributed by atoms with van der Waals surface area (Å²) in [5.41, 5.74) is 13.6. The third kappa shape index (κ3) is 3.81. The minimum Gasteiger partial charge on any atom is -0.455 e. The van der Waals surface area contributed by atoms with Crippen LogP contribution in [-0.2, 0) is 0 Å². The van der Waals surface area contributed by atoms with E-state index in [0.717, 1.165) is 94.0 Å². The van der Waals surface area contributed by atoms with Gasteiger partial charge in [0, 0.05) is 38.4 Å². The molecule has 47 heavy (non-hydrogen) atoms. The molecule has 3 heterocycles. The highest BCUT2D eigenvalue weighted by molar-refractivity contribution is 6.20. The zero-order chi connectivity index (χ0) is 30.9. The maximum Gasteiger partial charge on any atom is 0.161 e. The number of fused-ring (bicyclic) bond motifs is 8. The molecule has 0 saturated carbocycles. The fourth-order valence-electron chi connectivity index (χ4n) is 7.42. The Kier molecular flexibility index (Phi) is 5.57. The van der Waals surface area contributed by atoms with Crippen LogP contribution in [-0.4, -0.2) is 4.57 Å². The summed E-state index contributed by atoms with van der Waals surface area (Å²) in [7, 11) is 0. The van der Waals surface area contributed by atoms with Crippen molar-refractivity contribution in [3.63, 3.8) is 0 Å². The smallest absolute Gasteiger partial charge is 0.161 e. The van der Waals surface area contributed by atoms with Crippen LogP contribution < -0.4 is 0 Å². The van der Waals surface area contributed by atoms with Gasteiger partial charge in [-0.25, -0.2) is 0 Å². The molecule has 220 valence electrons. The molecular weight excluding hydrogens is 574 g/mol. The first-order valence-corrected chi connectivity index (χ1v) is 15.9. The van der Waals surface area contributed by atoms with E-state index in [1.54, 1.807) is 0 Å². The van der Waals surface area contributed by atoms with E-state index in [4.69, 9.17) is 8.83 Å². The number of nitrogens with zero attached hydrogens (tertiary/aromatic N) is 1. The largest absolute Gasteiger partial charge is 0.455 e. The van der Waals surface area contributed by atoms with E-state index in [1.165, 1.54) is 0 Å². The van der Waals surface area contributed by atoms with Gasteiger partial charge in [-0.1, -0.05) is 127 Å². The van der Waals surface area contributed by atoms with Crippen molar-refractivity contribution >= 4 is 54.9 Å². The van der Waals surface area contributed by atoms with Gasteiger partial charge in [0.05, 0.1) is 5.52 Å². The number of para-hydroxylation sites is 4.